The molecule has 0 fully saturated rings. The third-order valence-electron chi connectivity index (χ3n) is 5.05. The lowest BCUT2D eigenvalue weighted by Crippen LogP contribution is -2.13. The lowest BCUT2D eigenvalue weighted by atomic mass is 10.1. The minimum atomic E-state index is -0.375. The van der Waals surface area contributed by atoms with Crippen LogP contribution in [0.15, 0.2) is 35.7 Å². The molecule has 1 aromatic carbocycles. The van der Waals surface area contributed by atoms with Crippen molar-refractivity contribution in [2.24, 2.45) is 5.73 Å². The normalized spacial score (nSPS) is 10.9. The molecule has 3 aromatic rings. The summed E-state index contributed by atoms with van der Waals surface area (Å²) in [6, 6.07) is 10.0. The van der Waals surface area contributed by atoms with Gasteiger partial charge in [0.1, 0.15) is 0 Å². The van der Waals surface area contributed by atoms with E-state index in [9.17, 15) is 4.79 Å². The van der Waals surface area contributed by atoms with Crippen molar-refractivity contribution in [2.45, 2.75) is 33.2 Å². The van der Waals surface area contributed by atoms with Crippen molar-refractivity contribution in [1.82, 2.24) is 4.57 Å². The SMILES string of the molecule is CCc1c(-c2cccs2)c(C(N)=O)c(C)n1CCc1ccc(OC)c(OC)c1. The molecule has 6 heteroatoms. The molecule has 0 aliphatic rings. The van der Waals surface area contributed by atoms with Crippen LogP contribution in [0.3, 0.4) is 0 Å². The highest BCUT2D eigenvalue weighted by Gasteiger charge is 2.24. The molecule has 0 atom stereocenters. The van der Waals surface area contributed by atoms with E-state index in [1.807, 2.05) is 42.6 Å². The van der Waals surface area contributed by atoms with Crippen LogP contribution in [0.5, 0.6) is 11.5 Å². The maximum Gasteiger partial charge on any atom is 0.251 e. The van der Waals surface area contributed by atoms with Gasteiger partial charge >= 0.3 is 0 Å². The number of primary amides is 1. The first-order chi connectivity index (χ1) is 13.5. The minimum Gasteiger partial charge on any atom is -0.493 e. The molecule has 0 saturated carbocycles. The molecule has 0 unspecified atom stereocenters. The van der Waals surface area contributed by atoms with Crippen molar-refractivity contribution in [3.05, 3.63) is 58.2 Å². The number of rotatable bonds is 8. The Morgan fingerprint density at radius 3 is 2.50 bits per heavy atom. The lowest BCUT2D eigenvalue weighted by Gasteiger charge is -2.13. The van der Waals surface area contributed by atoms with Gasteiger partial charge in [-0.25, -0.2) is 0 Å². The zero-order valence-electron chi connectivity index (χ0n) is 16.7. The molecule has 3 rings (SSSR count). The van der Waals surface area contributed by atoms with Crippen LogP contribution in [0.25, 0.3) is 10.4 Å². The highest BCUT2D eigenvalue weighted by molar-refractivity contribution is 7.13. The molecular weight excluding hydrogens is 372 g/mol. The van der Waals surface area contributed by atoms with E-state index >= 15 is 0 Å². The van der Waals surface area contributed by atoms with E-state index in [-0.39, 0.29) is 5.91 Å². The van der Waals surface area contributed by atoms with Crippen LogP contribution in [0.4, 0.5) is 0 Å². The number of amides is 1. The number of nitrogens with zero attached hydrogens (tertiary/aromatic N) is 1. The fraction of sp³-hybridized carbons (Fsp3) is 0.318. The van der Waals surface area contributed by atoms with Crippen molar-refractivity contribution in [3.8, 4) is 21.9 Å². The van der Waals surface area contributed by atoms with Crippen molar-refractivity contribution in [1.29, 1.82) is 0 Å². The Hall–Kier alpha value is -2.73. The summed E-state index contributed by atoms with van der Waals surface area (Å²) in [6.45, 7) is 4.85. The average molecular weight is 399 g/mol. The Bertz CT molecular complexity index is 974. The molecule has 0 aliphatic carbocycles. The van der Waals surface area contributed by atoms with Gasteiger partial charge in [-0.3, -0.25) is 4.79 Å². The number of thiophene rings is 1. The zero-order valence-corrected chi connectivity index (χ0v) is 17.6. The lowest BCUT2D eigenvalue weighted by molar-refractivity contribution is 0.1000. The van der Waals surface area contributed by atoms with E-state index in [1.165, 1.54) is 0 Å². The molecule has 2 aromatic heterocycles. The van der Waals surface area contributed by atoms with Gasteiger partial charge in [-0.05, 0) is 48.9 Å². The number of carbonyl (C=O) groups excluding carboxylic acids is 1. The Kier molecular flexibility index (Phi) is 6.09. The fourth-order valence-electron chi connectivity index (χ4n) is 3.73. The molecule has 28 heavy (non-hydrogen) atoms. The van der Waals surface area contributed by atoms with Gasteiger partial charge in [0.2, 0.25) is 0 Å². The van der Waals surface area contributed by atoms with Gasteiger partial charge in [0.25, 0.3) is 5.91 Å². The van der Waals surface area contributed by atoms with Crippen LogP contribution in [0, 0.1) is 6.92 Å². The number of methoxy groups -OCH3 is 2. The number of benzene rings is 1. The molecule has 0 aliphatic heterocycles. The number of carbonyl (C=O) groups is 1. The van der Waals surface area contributed by atoms with Crippen molar-refractivity contribution >= 4 is 17.2 Å². The summed E-state index contributed by atoms with van der Waals surface area (Å²) >= 11 is 1.63. The molecule has 1 amide bonds. The van der Waals surface area contributed by atoms with Crippen molar-refractivity contribution in [2.75, 3.05) is 14.2 Å². The average Bonchev–Trinajstić information content (AvgIpc) is 3.31. The summed E-state index contributed by atoms with van der Waals surface area (Å²) in [5.74, 6) is 1.06. The summed E-state index contributed by atoms with van der Waals surface area (Å²) in [5.41, 5.74) is 10.6. The predicted molar refractivity (Wildman–Crippen MR) is 114 cm³/mol. The minimum absolute atomic E-state index is 0.375. The second-order valence-electron chi connectivity index (χ2n) is 6.57. The van der Waals surface area contributed by atoms with Gasteiger partial charge in [0, 0.05) is 28.4 Å². The van der Waals surface area contributed by atoms with E-state index < -0.39 is 0 Å². The third-order valence-corrected chi connectivity index (χ3v) is 5.94. The monoisotopic (exact) mass is 398 g/mol. The van der Waals surface area contributed by atoms with Gasteiger partial charge in [0.15, 0.2) is 11.5 Å². The number of hydrogen-bond donors (Lipinski definition) is 1. The topological polar surface area (TPSA) is 66.5 Å². The molecule has 148 valence electrons. The third kappa shape index (κ3) is 3.64. The van der Waals surface area contributed by atoms with Crippen LogP contribution in [-0.2, 0) is 19.4 Å². The van der Waals surface area contributed by atoms with Gasteiger partial charge in [0.05, 0.1) is 19.8 Å². The highest BCUT2D eigenvalue weighted by atomic mass is 32.1. The van der Waals surface area contributed by atoms with Crippen LogP contribution in [0.2, 0.25) is 0 Å². The number of aromatic nitrogens is 1. The molecule has 0 bridgehead atoms. The Morgan fingerprint density at radius 1 is 1.18 bits per heavy atom. The zero-order chi connectivity index (χ0) is 20.3. The summed E-state index contributed by atoms with van der Waals surface area (Å²) in [5, 5.41) is 2.02. The van der Waals surface area contributed by atoms with E-state index in [4.69, 9.17) is 15.2 Å². The van der Waals surface area contributed by atoms with Crippen LogP contribution >= 0.6 is 11.3 Å². The first-order valence-electron chi connectivity index (χ1n) is 9.28. The van der Waals surface area contributed by atoms with E-state index in [1.54, 1.807) is 25.6 Å². The second kappa shape index (κ2) is 8.52. The van der Waals surface area contributed by atoms with E-state index in [0.717, 1.165) is 52.5 Å². The van der Waals surface area contributed by atoms with Crippen LogP contribution in [0.1, 0.15) is 34.2 Å². The van der Waals surface area contributed by atoms with Gasteiger partial charge < -0.3 is 19.8 Å². The largest absolute Gasteiger partial charge is 0.493 e. The number of nitrogens with two attached hydrogens (primary N) is 1. The number of aryl methyl sites for hydroxylation is 1. The first kappa shape index (κ1) is 20.0. The van der Waals surface area contributed by atoms with Crippen molar-refractivity contribution < 1.29 is 14.3 Å². The van der Waals surface area contributed by atoms with Gasteiger partial charge in [-0.2, -0.15) is 0 Å². The first-order valence-corrected chi connectivity index (χ1v) is 10.2. The molecule has 0 saturated heterocycles. The second-order valence-corrected chi connectivity index (χ2v) is 7.52. The number of ether oxygens (including phenoxy) is 2. The van der Waals surface area contributed by atoms with Gasteiger partial charge in [-0.15, -0.1) is 11.3 Å². The van der Waals surface area contributed by atoms with E-state index in [2.05, 4.69) is 11.5 Å². The maximum atomic E-state index is 12.2. The highest BCUT2D eigenvalue weighted by Crippen LogP contribution is 2.36. The molecule has 5 nitrogen and oxygen atoms in total. The fourth-order valence-corrected chi connectivity index (χ4v) is 4.53. The maximum absolute atomic E-state index is 12.2. The predicted octanol–water partition coefficient (Wildman–Crippen LogP) is 4.45. The number of hydrogen-bond acceptors (Lipinski definition) is 4. The summed E-state index contributed by atoms with van der Waals surface area (Å²) in [6.07, 6.45) is 1.64. The van der Waals surface area contributed by atoms with Crippen molar-refractivity contribution in [3.63, 3.8) is 0 Å². The Morgan fingerprint density at radius 2 is 1.93 bits per heavy atom. The molecule has 2 heterocycles. The molecule has 0 spiro atoms. The van der Waals surface area contributed by atoms with Crippen LogP contribution < -0.4 is 15.2 Å². The Balaban J connectivity index is 1.99. The standard InChI is InChI=1S/C22H26N2O3S/c1-5-16-21(19-7-6-12-28-19)20(22(23)25)14(2)24(16)11-10-15-8-9-17(26-3)18(13-15)27-4/h6-9,12-13H,5,10-11H2,1-4H3,(H2,23,25). The summed E-state index contributed by atoms with van der Waals surface area (Å²) in [7, 11) is 3.27. The van der Waals surface area contributed by atoms with E-state index in [0.29, 0.717) is 11.3 Å². The molecule has 2 N–H and O–H groups in total. The van der Waals surface area contributed by atoms with Crippen LogP contribution in [-0.4, -0.2) is 24.7 Å². The molecule has 0 radical (unpaired) electrons. The quantitative estimate of drug-likeness (QED) is 0.610. The summed E-state index contributed by atoms with van der Waals surface area (Å²) < 4.78 is 13.0. The summed E-state index contributed by atoms with van der Waals surface area (Å²) in [4.78, 5) is 13.3. The van der Waals surface area contributed by atoms with Gasteiger partial charge in [-0.1, -0.05) is 19.1 Å². The molecular formula is C22H26N2O3S. The Labute approximate surface area is 169 Å². The smallest absolute Gasteiger partial charge is 0.251 e.